The van der Waals surface area contributed by atoms with Crippen LogP contribution in [0.25, 0.3) is 0 Å². The summed E-state index contributed by atoms with van der Waals surface area (Å²) in [7, 11) is 0. The fraction of sp³-hybridized carbons (Fsp3) is 0.667. The van der Waals surface area contributed by atoms with Crippen LogP contribution < -0.4 is 0 Å². The normalized spacial score (nSPS) is 19.0. The van der Waals surface area contributed by atoms with Crippen molar-refractivity contribution in [3.05, 3.63) is 23.9 Å². The maximum Gasteiger partial charge on any atom is 0.410 e. The zero-order valence-electron chi connectivity index (χ0n) is 15.0. The number of thioether (sulfide) groups is 1. The third-order valence-electron chi connectivity index (χ3n) is 3.44. The van der Waals surface area contributed by atoms with Crippen LogP contribution in [0.4, 0.5) is 4.79 Å². The monoisotopic (exact) mass is 336 g/mol. The van der Waals surface area contributed by atoms with E-state index in [-0.39, 0.29) is 16.9 Å². The van der Waals surface area contributed by atoms with Gasteiger partial charge in [-0.15, -0.1) is 11.8 Å². The third kappa shape index (κ3) is 5.13. The number of pyridine rings is 1. The van der Waals surface area contributed by atoms with Gasteiger partial charge in [0.25, 0.3) is 0 Å². The summed E-state index contributed by atoms with van der Waals surface area (Å²) in [6, 6.07) is 4.10. The maximum atomic E-state index is 12.5. The Labute approximate surface area is 144 Å². The van der Waals surface area contributed by atoms with Crippen LogP contribution in [-0.4, -0.2) is 32.9 Å². The van der Waals surface area contributed by atoms with Crippen molar-refractivity contribution in [1.82, 2.24) is 9.88 Å². The summed E-state index contributed by atoms with van der Waals surface area (Å²) in [5.74, 6) is 0. The second-order valence-electron chi connectivity index (χ2n) is 7.94. The molecule has 1 fully saturated rings. The number of carbonyl (C=O) groups is 1. The van der Waals surface area contributed by atoms with E-state index in [0.717, 1.165) is 30.0 Å². The number of hydrogen-bond acceptors (Lipinski definition) is 4. The molecule has 0 aromatic carbocycles. The van der Waals surface area contributed by atoms with E-state index in [1.807, 2.05) is 37.9 Å². The first-order valence-electron chi connectivity index (χ1n) is 8.20. The van der Waals surface area contributed by atoms with Crippen molar-refractivity contribution >= 4 is 17.9 Å². The Morgan fingerprint density at radius 3 is 2.61 bits per heavy atom. The summed E-state index contributed by atoms with van der Waals surface area (Å²) in [5.41, 5.74) is 0.665. The molecular weight excluding hydrogens is 308 g/mol. The van der Waals surface area contributed by atoms with E-state index in [4.69, 9.17) is 4.74 Å². The number of carbonyl (C=O) groups excluding carboxylic acids is 1. The Morgan fingerprint density at radius 2 is 2.00 bits per heavy atom. The molecule has 0 saturated carbocycles. The van der Waals surface area contributed by atoms with E-state index in [2.05, 4.69) is 31.8 Å². The van der Waals surface area contributed by atoms with Crippen LogP contribution >= 0.6 is 11.8 Å². The maximum absolute atomic E-state index is 12.5. The lowest BCUT2D eigenvalue weighted by Gasteiger charge is -2.30. The smallest absolute Gasteiger partial charge is 0.410 e. The molecule has 1 aliphatic rings. The summed E-state index contributed by atoms with van der Waals surface area (Å²) in [5, 5.41) is 1.01. The van der Waals surface area contributed by atoms with Crippen LogP contribution in [0.1, 0.15) is 66.0 Å². The fourth-order valence-corrected chi connectivity index (χ4v) is 3.68. The zero-order chi connectivity index (χ0) is 17.3. The highest BCUT2D eigenvalue weighted by atomic mass is 32.2. The van der Waals surface area contributed by atoms with Crippen LogP contribution in [0.15, 0.2) is 23.4 Å². The van der Waals surface area contributed by atoms with Gasteiger partial charge in [-0.3, -0.25) is 0 Å². The standard InChI is InChI=1S/C18H28N2O2S/c1-17(2,3)22-16(21)20-12-8-10-14(20)13-9-7-11-19-15(13)23-18(4,5)6/h7,9,11,14H,8,10,12H2,1-6H3/t14-/m0/s1. The van der Waals surface area contributed by atoms with Crippen molar-refractivity contribution in [2.75, 3.05) is 6.54 Å². The summed E-state index contributed by atoms with van der Waals surface area (Å²) in [4.78, 5) is 18.9. The molecule has 5 heteroatoms. The van der Waals surface area contributed by atoms with Crippen molar-refractivity contribution < 1.29 is 9.53 Å². The number of likely N-dealkylation sites (tertiary alicyclic amines) is 1. The molecule has 1 aliphatic heterocycles. The first-order valence-corrected chi connectivity index (χ1v) is 9.02. The highest BCUT2D eigenvalue weighted by Gasteiger charge is 2.35. The van der Waals surface area contributed by atoms with Crippen molar-refractivity contribution in [3.63, 3.8) is 0 Å². The number of nitrogens with zero attached hydrogens (tertiary/aromatic N) is 2. The Hall–Kier alpha value is -1.23. The van der Waals surface area contributed by atoms with Gasteiger partial charge in [0, 0.05) is 23.1 Å². The zero-order valence-corrected chi connectivity index (χ0v) is 15.9. The van der Waals surface area contributed by atoms with E-state index in [1.165, 1.54) is 0 Å². The molecule has 4 nitrogen and oxygen atoms in total. The number of amides is 1. The van der Waals surface area contributed by atoms with Crippen LogP contribution in [0, 0.1) is 0 Å². The van der Waals surface area contributed by atoms with E-state index >= 15 is 0 Å². The quantitative estimate of drug-likeness (QED) is 0.709. The molecular formula is C18H28N2O2S. The van der Waals surface area contributed by atoms with Gasteiger partial charge in [-0.2, -0.15) is 0 Å². The molecule has 0 aliphatic carbocycles. The molecule has 23 heavy (non-hydrogen) atoms. The summed E-state index contributed by atoms with van der Waals surface area (Å²) < 4.78 is 5.66. The molecule has 2 rings (SSSR count). The van der Waals surface area contributed by atoms with Crippen molar-refractivity contribution in [1.29, 1.82) is 0 Å². The topological polar surface area (TPSA) is 42.4 Å². The molecule has 0 bridgehead atoms. The van der Waals surface area contributed by atoms with Crippen LogP contribution in [0.3, 0.4) is 0 Å². The first kappa shape index (κ1) is 18.1. The Bertz CT molecular complexity index is 561. The Balaban J connectivity index is 2.25. The van der Waals surface area contributed by atoms with Crippen molar-refractivity contribution in [3.8, 4) is 0 Å². The molecule has 2 heterocycles. The molecule has 1 atom stereocenters. The molecule has 1 aromatic rings. The van der Waals surface area contributed by atoms with E-state index < -0.39 is 5.60 Å². The minimum atomic E-state index is -0.470. The lowest BCUT2D eigenvalue weighted by molar-refractivity contribution is 0.0222. The first-order chi connectivity index (χ1) is 10.6. The molecule has 1 amide bonds. The average Bonchev–Trinajstić information content (AvgIpc) is 2.84. The second-order valence-corrected chi connectivity index (χ2v) is 9.76. The predicted molar refractivity (Wildman–Crippen MR) is 94.8 cm³/mol. The largest absolute Gasteiger partial charge is 0.444 e. The van der Waals surface area contributed by atoms with Gasteiger partial charge in [-0.25, -0.2) is 9.78 Å². The number of rotatable bonds is 2. The summed E-state index contributed by atoms with van der Waals surface area (Å²) in [6.07, 6.45) is 3.56. The minimum Gasteiger partial charge on any atom is -0.444 e. The van der Waals surface area contributed by atoms with Gasteiger partial charge in [0.2, 0.25) is 0 Å². The molecule has 128 valence electrons. The SMILES string of the molecule is CC(C)(C)OC(=O)N1CCC[C@H]1c1cccnc1SC(C)(C)C. The summed E-state index contributed by atoms with van der Waals surface area (Å²) >= 11 is 1.75. The van der Waals surface area contributed by atoms with Crippen LogP contribution in [-0.2, 0) is 4.74 Å². The minimum absolute atomic E-state index is 0.0587. The van der Waals surface area contributed by atoms with Crippen LogP contribution in [0.2, 0.25) is 0 Å². The fourth-order valence-electron chi connectivity index (χ4n) is 2.66. The molecule has 1 saturated heterocycles. The van der Waals surface area contributed by atoms with E-state index in [1.54, 1.807) is 11.8 Å². The second kappa shape index (κ2) is 6.71. The highest BCUT2D eigenvalue weighted by Crippen LogP contribution is 2.40. The lowest BCUT2D eigenvalue weighted by atomic mass is 10.1. The van der Waals surface area contributed by atoms with Crippen LogP contribution in [0.5, 0.6) is 0 Å². The van der Waals surface area contributed by atoms with Gasteiger partial charge in [0.1, 0.15) is 10.6 Å². The van der Waals surface area contributed by atoms with Gasteiger partial charge < -0.3 is 9.64 Å². The van der Waals surface area contributed by atoms with E-state index in [0.29, 0.717) is 0 Å². The number of hydrogen-bond donors (Lipinski definition) is 0. The molecule has 0 unspecified atom stereocenters. The Kier molecular flexibility index (Phi) is 5.29. The predicted octanol–water partition coefficient (Wildman–Crippen LogP) is 5.04. The van der Waals surface area contributed by atoms with Gasteiger partial charge in [0.05, 0.1) is 6.04 Å². The van der Waals surface area contributed by atoms with Gasteiger partial charge in [-0.1, -0.05) is 26.8 Å². The third-order valence-corrected chi connectivity index (χ3v) is 4.59. The molecule has 0 radical (unpaired) electrons. The lowest BCUT2D eigenvalue weighted by Crippen LogP contribution is -2.36. The van der Waals surface area contributed by atoms with Gasteiger partial charge >= 0.3 is 6.09 Å². The molecule has 0 N–H and O–H groups in total. The number of ether oxygens (including phenoxy) is 1. The Morgan fingerprint density at radius 1 is 1.30 bits per heavy atom. The van der Waals surface area contributed by atoms with Crippen molar-refractivity contribution in [2.24, 2.45) is 0 Å². The molecule has 1 aromatic heterocycles. The van der Waals surface area contributed by atoms with E-state index in [9.17, 15) is 4.79 Å². The van der Waals surface area contributed by atoms with Gasteiger partial charge in [0.15, 0.2) is 0 Å². The highest BCUT2D eigenvalue weighted by molar-refractivity contribution is 8.00. The summed E-state index contributed by atoms with van der Waals surface area (Å²) in [6.45, 7) is 13.0. The number of aromatic nitrogens is 1. The average molecular weight is 337 g/mol. The van der Waals surface area contributed by atoms with Crippen molar-refractivity contribution in [2.45, 2.75) is 75.8 Å². The molecule has 0 spiro atoms. The van der Waals surface area contributed by atoms with Gasteiger partial charge in [-0.05, 0) is 39.7 Å².